The Kier molecular flexibility index (Phi) is 4.55. The van der Waals surface area contributed by atoms with E-state index < -0.39 is 0 Å². The first-order valence-electron chi connectivity index (χ1n) is 11.2. The summed E-state index contributed by atoms with van der Waals surface area (Å²) in [4.78, 5) is 12.1. The van der Waals surface area contributed by atoms with Crippen LogP contribution in [0.4, 0.5) is 0 Å². The van der Waals surface area contributed by atoms with E-state index in [0.29, 0.717) is 0 Å². The van der Waals surface area contributed by atoms with Gasteiger partial charge in [0.1, 0.15) is 0 Å². The molecule has 6 aromatic rings. The molecule has 6 rings (SSSR count). The van der Waals surface area contributed by atoms with Crippen LogP contribution in [0.25, 0.3) is 54.6 Å². The first-order chi connectivity index (χ1) is 16.2. The normalized spacial score (nSPS) is 11.3. The first-order valence-corrected chi connectivity index (χ1v) is 11.2. The highest BCUT2D eigenvalue weighted by Crippen LogP contribution is 2.44. The van der Waals surface area contributed by atoms with Crippen molar-refractivity contribution in [2.75, 3.05) is 0 Å². The fourth-order valence-corrected chi connectivity index (χ4v) is 4.99. The molecule has 0 fully saturated rings. The Balaban J connectivity index is 1.75. The Morgan fingerprint density at radius 3 is 1.58 bits per heavy atom. The molecule has 6 aromatic carbocycles. The zero-order chi connectivity index (χ0) is 22.4. The van der Waals surface area contributed by atoms with E-state index in [0.717, 1.165) is 11.1 Å². The Morgan fingerprint density at radius 1 is 0.485 bits per heavy atom. The molecule has 0 aliphatic carbocycles. The van der Waals surface area contributed by atoms with Crippen LogP contribution in [0.2, 0.25) is 0 Å². The van der Waals surface area contributed by atoms with Gasteiger partial charge in [-0.1, -0.05) is 103 Å². The molecule has 0 unspecified atom stereocenters. The lowest BCUT2D eigenvalue weighted by Gasteiger charge is -2.18. The van der Waals surface area contributed by atoms with Crippen molar-refractivity contribution < 1.29 is 4.79 Å². The largest absolute Gasteiger partial charge is 0.295 e. The third kappa shape index (κ3) is 3.21. The van der Waals surface area contributed by atoms with Crippen LogP contribution >= 0.6 is 0 Å². The lowest BCUT2D eigenvalue weighted by Crippen LogP contribution is -1.94. The predicted octanol–water partition coefficient (Wildman–Crippen LogP) is 8.68. The van der Waals surface area contributed by atoms with Crippen LogP contribution in [-0.2, 0) is 0 Å². The van der Waals surface area contributed by atoms with Gasteiger partial charge in [0.15, 0.2) is 5.78 Å². The highest BCUT2D eigenvalue weighted by atomic mass is 16.1. The summed E-state index contributed by atoms with van der Waals surface area (Å²) in [5.74, 6) is 0.0817. The number of Topliss-reactive ketones (excluding diaryl/α,β-unsaturated/α-hetero) is 1. The van der Waals surface area contributed by atoms with Crippen LogP contribution < -0.4 is 0 Å². The summed E-state index contributed by atoms with van der Waals surface area (Å²) in [5.41, 5.74) is 5.44. The predicted molar refractivity (Wildman–Crippen MR) is 140 cm³/mol. The summed E-state index contributed by atoms with van der Waals surface area (Å²) in [6.07, 6.45) is 0. The standard InChI is InChI=1S/C32H22O/c1-21(33)23-11-8-12-25(19-23)31-27-13-4-6-15-29(27)32(30-16-7-5-14-28(30)31)26-18-17-22-9-2-3-10-24(22)20-26/h2-20H,1H3. The smallest absolute Gasteiger partial charge is 0.159 e. The maximum absolute atomic E-state index is 12.1. The number of benzene rings is 6. The minimum atomic E-state index is 0.0817. The van der Waals surface area contributed by atoms with Gasteiger partial charge in [-0.25, -0.2) is 0 Å². The van der Waals surface area contributed by atoms with E-state index in [1.165, 1.54) is 49.0 Å². The van der Waals surface area contributed by atoms with Crippen LogP contribution in [-0.4, -0.2) is 5.78 Å². The molecule has 0 aliphatic rings. The van der Waals surface area contributed by atoms with Crippen LogP contribution in [0.1, 0.15) is 17.3 Å². The molecule has 0 N–H and O–H groups in total. The molecule has 156 valence electrons. The topological polar surface area (TPSA) is 17.1 Å². The molecule has 33 heavy (non-hydrogen) atoms. The minimum Gasteiger partial charge on any atom is -0.295 e. The van der Waals surface area contributed by atoms with E-state index in [4.69, 9.17) is 0 Å². The summed E-state index contributed by atoms with van der Waals surface area (Å²) in [6, 6.07) is 40.4. The minimum absolute atomic E-state index is 0.0817. The van der Waals surface area contributed by atoms with E-state index in [1.54, 1.807) is 6.92 Å². The molecule has 0 saturated carbocycles. The molecule has 0 bridgehead atoms. The summed E-state index contributed by atoms with van der Waals surface area (Å²) in [6.45, 7) is 1.62. The van der Waals surface area contributed by atoms with E-state index in [2.05, 4.69) is 97.1 Å². The lowest BCUT2D eigenvalue weighted by atomic mass is 9.85. The molecule has 0 amide bonds. The Labute approximate surface area is 192 Å². The molecule has 0 aromatic heterocycles. The summed E-state index contributed by atoms with van der Waals surface area (Å²) < 4.78 is 0. The van der Waals surface area contributed by atoms with E-state index in [1.807, 2.05) is 18.2 Å². The van der Waals surface area contributed by atoms with Crippen LogP contribution in [0, 0.1) is 0 Å². The third-order valence-corrected chi connectivity index (χ3v) is 6.53. The Morgan fingerprint density at radius 2 is 1.00 bits per heavy atom. The van der Waals surface area contributed by atoms with Crippen LogP contribution in [0.5, 0.6) is 0 Å². The van der Waals surface area contributed by atoms with Gasteiger partial charge < -0.3 is 0 Å². The number of carbonyl (C=O) groups is 1. The van der Waals surface area contributed by atoms with Gasteiger partial charge in [0.2, 0.25) is 0 Å². The number of hydrogen-bond donors (Lipinski definition) is 0. The molecule has 1 nitrogen and oxygen atoms in total. The van der Waals surface area contributed by atoms with E-state index >= 15 is 0 Å². The third-order valence-electron chi connectivity index (χ3n) is 6.53. The monoisotopic (exact) mass is 422 g/mol. The van der Waals surface area contributed by atoms with Crippen LogP contribution in [0.15, 0.2) is 115 Å². The molecular formula is C32H22O. The molecule has 0 aliphatic heterocycles. The fourth-order valence-electron chi connectivity index (χ4n) is 4.99. The molecule has 0 heterocycles. The van der Waals surface area contributed by atoms with Gasteiger partial charge in [-0.05, 0) is 73.6 Å². The Bertz CT molecular complexity index is 1630. The van der Waals surface area contributed by atoms with Crippen LogP contribution in [0.3, 0.4) is 0 Å². The number of ketones is 1. The maximum Gasteiger partial charge on any atom is 0.159 e. The van der Waals surface area contributed by atoms with Gasteiger partial charge >= 0.3 is 0 Å². The van der Waals surface area contributed by atoms with Crippen molar-refractivity contribution >= 4 is 38.1 Å². The highest BCUT2D eigenvalue weighted by molar-refractivity contribution is 6.21. The van der Waals surface area contributed by atoms with Gasteiger partial charge in [0.05, 0.1) is 0 Å². The Hall–Kier alpha value is -4.23. The van der Waals surface area contributed by atoms with Gasteiger partial charge in [-0.2, -0.15) is 0 Å². The van der Waals surface area contributed by atoms with Crippen molar-refractivity contribution in [2.45, 2.75) is 6.92 Å². The van der Waals surface area contributed by atoms with Gasteiger partial charge in [0, 0.05) is 5.56 Å². The van der Waals surface area contributed by atoms with Crippen molar-refractivity contribution in [3.63, 3.8) is 0 Å². The van der Waals surface area contributed by atoms with Gasteiger partial charge in [-0.15, -0.1) is 0 Å². The van der Waals surface area contributed by atoms with Crippen molar-refractivity contribution in [3.05, 3.63) is 121 Å². The maximum atomic E-state index is 12.1. The molecule has 0 atom stereocenters. The van der Waals surface area contributed by atoms with E-state index in [9.17, 15) is 4.79 Å². The second-order valence-electron chi connectivity index (χ2n) is 8.54. The number of carbonyl (C=O) groups excluding carboxylic acids is 1. The molecule has 1 heteroatoms. The summed E-state index contributed by atoms with van der Waals surface area (Å²) in [7, 11) is 0. The van der Waals surface area contributed by atoms with Gasteiger partial charge in [-0.3, -0.25) is 4.79 Å². The second kappa shape index (κ2) is 7.72. The fraction of sp³-hybridized carbons (Fsp3) is 0.0312. The van der Waals surface area contributed by atoms with Gasteiger partial charge in [0.25, 0.3) is 0 Å². The zero-order valence-corrected chi connectivity index (χ0v) is 18.4. The molecule has 0 spiro atoms. The second-order valence-corrected chi connectivity index (χ2v) is 8.54. The number of hydrogen-bond acceptors (Lipinski definition) is 1. The highest BCUT2D eigenvalue weighted by Gasteiger charge is 2.17. The number of rotatable bonds is 3. The van der Waals surface area contributed by atoms with E-state index in [-0.39, 0.29) is 5.78 Å². The zero-order valence-electron chi connectivity index (χ0n) is 18.4. The molecule has 0 saturated heterocycles. The lowest BCUT2D eigenvalue weighted by molar-refractivity contribution is 0.101. The first kappa shape index (κ1) is 19.5. The van der Waals surface area contributed by atoms with Crippen molar-refractivity contribution in [1.29, 1.82) is 0 Å². The quantitative estimate of drug-likeness (QED) is 0.206. The molecule has 0 radical (unpaired) electrons. The average molecular weight is 423 g/mol. The average Bonchev–Trinajstić information content (AvgIpc) is 2.87. The summed E-state index contributed by atoms with van der Waals surface area (Å²) >= 11 is 0. The number of fused-ring (bicyclic) bond motifs is 3. The SMILES string of the molecule is CC(=O)c1cccc(-c2c3ccccc3c(-c3ccc4ccccc4c3)c3ccccc23)c1. The molecular weight excluding hydrogens is 400 g/mol. The van der Waals surface area contributed by atoms with Crippen molar-refractivity contribution in [3.8, 4) is 22.3 Å². The van der Waals surface area contributed by atoms with Crippen molar-refractivity contribution in [2.24, 2.45) is 0 Å². The summed E-state index contributed by atoms with van der Waals surface area (Å²) in [5, 5.41) is 7.30. The van der Waals surface area contributed by atoms with Crippen molar-refractivity contribution in [1.82, 2.24) is 0 Å².